The van der Waals surface area contributed by atoms with E-state index in [1.807, 2.05) is 0 Å². The van der Waals surface area contributed by atoms with Gasteiger partial charge < -0.3 is 10.1 Å². The number of esters is 1. The maximum atomic E-state index is 10.4. The molecule has 1 N–H and O–H groups in total. The minimum absolute atomic E-state index is 0.372. The van der Waals surface area contributed by atoms with Crippen molar-refractivity contribution in [1.82, 2.24) is 5.32 Å². The highest BCUT2D eigenvalue weighted by atomic mass is 16.5. The maximum absolute atomic E-state index is 10.4. The molecule has 0 atom stereocenters. The summed E-state index contributed by atoms with van der Waals surface area (Å²) in [5.74, 6) is -0.372. The first-order chi connectivity index (χ1) is 4.20. The van der Waals surface area contributed by atoms with Gasteiger partial charge in [0.2, 0.25) is 0 Å². The van der Waals surface area contributed by atoms with Crippen LogP contribution in [-0.4, -0.2) is 13.1 Å². The molecule has 3 nitrogen and oxygen atoms in total. The molecular weight excluding hydrogens is 118 g/mol. The molecule has 0 saturated heterocycles. The van der Waals surface area contributed by atoms with Crippen LogP contribution >= 0.6 is 0 Å². The molecule has 9 heavy (non-hydrogen) atoms. The van der Waals surface area contributed by atoms with Gasteiger partial charge in [-0.05, 0) is 6.92 Å². The molecule has 1 radical (unpaired) electrons. The van der Waals surface area contributed by atoms with Crippen LogP contribution in [0, 0.1) is 7.05 Å². The lowest BCUT2D eigenvalue weighted by Gasteiger charge is -1.95. The largest absolute Gasteiger partial charge is 0.466 e. The molecule has 0 amide bonds. The van der Waals surface area contributed by atoms with Crippen molar-refractivity contribution in [3.8, 4) is 0 Å². The monoisotopic (exact) mass is 128 g/mol. The quantitative estimate of drug-likeness (QED) is 0.433. The van der Waals surface area contributed by atoms with E-state index in [9.17, 15) is 4.79 Å². The van der Waals surface area contributed by atoms with Crippen LogP contribution in [0.2, 0.25) is 0 Å². The van der Waals surface area contributed by atoms with Crippen molar-refractivity contribution in [2.24, 2.45) is 0 Å². The van der Waals surface area contributed by atoms with Gasteiger partial charge in [0.25, 0.3) is 0 Å². The predicted octanol–water partition coefficient (Wildman–Crippen LogP) is 0.444. The Morgan fingerprint density at radius 2 is 2.33 bits per heavy atom. The zero-order chi connectivity index (χ0) is 7.28. The van der Waals surface area contributed by atoms with Crippen molar-refractivity contribution in [3.63, 3.8) is 0 Å². The number of methoxy groups -OCH3 is 1. The Bertz CT molecular complexity index is 129. The van der Waals surface area contributed by atoms with Crippen LogP contribution in [0.25, 0.3) is 0 Å². The molecule has 0 saturated carbocycles. The van der Waals surface area contributed by atoms with Crippen LogP contribution in [-0.2, 0) is 9.53 Å². The van der Waals surface area contributed by atoms with E-state index in [1.165, 1.54) is 13.2 Å². The van der Waals surface area contributed by atoms with Crippen LogP contribution in [0.1, 0.15) is 6.92 Å². The Balaban J connectivity index is 3.79. The van der Waals surface area contributed by atoms with E-state index in [2.05, 4.69) is 17.1 Å². The maximum Gasteiger partial charge on any atom is 0.332 e. The van der Waals surface area contributed by atoms with E-state index < -0.39 is 0 Å². The van der Waals surface area contributed by atoms with Crippen LogP contribution in [0.4, 0.5) is 0 Å². The number of carbonyl (C=O) groups excluding carboxylic acids is 1. The third kappa shape index (κ3) is 3.58. The zero-order valence-corrected chi connectivity index (χ0v) is 5.60. The van der Waals surface area contributed by atoms with Crippen LogP contribution in [0.15, 0.2) is 11.8 Å². The number of allylic oxidation sites excluding steroid dienone is 1. The molecule has 0 aliphatic rings. The Kier molecular flexibility index (Phi) is 3.51. The molecule has 0 heterocycles. The van der Waals surface area contributed by atoms with Gasteiger partial charge in [0.15, 0.2) is 0 Å². The fraction of sp³-hybridized carbons (Fsp3) is 0.333. The first kappa shape index (κ1) is 8.01. The van der Waals surface area contributed by atoms with Crippen molar-refractivity contribution in [3.05, 3.63) is 18.8 Å². The topological polar surface area (TPSA) is 38.3 Å². The van der Waals surface area contributed by atoms with Crippen molar-refractivity contribution < 1.29 is 9.53 Å². The fourth-order valence-electron chi connectivity index (χ4n) is 0.287. The third-order valence-corrected chi connectivity index (χ3v) is 0.814. The summed E-state index contributed by atoms with van der Waals surface area (Å²) in [5, 5.41) is 2.54. The summed E-state index contributed by atoms with van der Waals surface area (Å²) >= 11 is 0. The second kappa shape index (κ2) is 3.95. The predicted molar refractivity (Wildman–Crippen MR) is 34.3 cm³/mol. The lowest BCUT2D eigenvalue weighted by atomic mass is 10.4. The standard InChI is InChI=1S/C6H10NO2/c1-5(7-2)4-6(8)9-3/h4,7H,2H2,1,3H3. The summed E-state index contributed by atoms with van der Waals surface area (Å²) in [4.78, 5) is 10.4. The minimum atomic E-state index is -0.372. The number of nitrogens with one attached hydrogen (secondary N) is 1. The van der Waals surface area contributed by atoms with Gasteiger partial charge in [0, 0.05) is 18.8 Å². The van der Waals surface area contributed by atoms with Crippen LogP contribution in [0.5, 0.6) is 0 Å². The summed E-state index contributed by atoms with van der Waals surface area (Å²) in [6, 6.07) is 0. The van der Waals surface area contributed by atoms with Gasteiger partial charge in [-0.2, -0.15) is 0 Å². The lowest BCUT2D eigenvalue weighted by Crippen LogP contribution is -2.03. The summed E-state index contributed by atoms with van der Waals surface area (Å²) in [5.41, 5.74) is 0.682. The van der Waals surface area contributed by atoms with E-state index in [0.29, 0.717) is 5.70 Å². The van der Waals surface area contributed by atoms with E-state index in [0.717, 1.165) is 0 Å². The Morgan fingerprint density at radius 3 is 2.67 bits per heavy atom. The molecule has 0 aromatic carbocycles. The molecule has 0 unspecified atom stereocenters. The minimum Gasteiger partial charge on any atom is -0.466 e. The molecule has 0 aromatic rings. The van der Waals surface area contributed by atoms with E-state index in [-0.39, 0.29) is 5.97 Å². The van der Waals surface area contributed by atoms with E-state index in [4.69, 9.17) is 0 Å². The van der Waals surface area contributed by atoms with Crippen molar-refractivity contribution in [1.29, 1.82) is 0 Å². The van der Waals surface area contributed by atoms with Gasteiger partial charge in [-0.25, -0.2) is 4.79 Å². The summed E-state index contributed by atoms with van der Waals surface area (Å²) in [7, 11) is 4.68. The van der Waals surface area contributed by atoms with Gasteiger partial charge in [0.1, 0.15) is 0 Å². The zero-order valence-electron chi connectivity index (χ0n) is 5.60. The summed E-state index contributed by atoms with van der Waals surface area (Å²) in [6.45, 7) is 1.73. The molecular formula is C6H10NO2. The van der Waals surface area contributed by atoms with Gasteiger partial charge in [-0.1, -0.05) is 0 Å². The van der Waals surface area contributed by atoms with Crippen LogP contribution in [0.3, 0.4) is 0 Å². The highest BCUT2D eigenvalue weighted by Gasteiger charge is 1.91. The number of rotatable bonds is 2. The van der Waals surface area contributed by atoms with Crippen LogP contribution < -0.4 is 5.32 Å². The number of hydrogen-bond donors (Lipinski definition) is 1. The first-order valence-electron chi connectivity index (χ1n) is 2.50. The molecule has 3 heteroatoms. The summed E-state index contributed by atoms with van der Waals surface area (Å²) in [6.07, 6.45) is 1.33. The smallest absolute Gasteiger partial charge is 0.332 e. The number of carbonyl (C=O) groups is 1. The second-order valence-electron chi connectivity index (χ2n) is 1.53. The molecule has 0 fully saturated rings. The highest BCUT2D eigenvalue weighted by molar-refractivity contribution is 5.82. The molecule has 51 valence electrons. The number of hydrogen-bond acceptors (Lipinski definition) is 3. The fourth-order valence-corrected chi connectivity index (χ4v) is 0.287. The number of ether oxygens (including phenoxy) is 1. The van der Waals surface area contributed by atoms with Gasteiger partial charge >= 0.3 is 5.97 Å². The molecule has 0 bridgehead atoms. The highest BCUT2D eigenvalue weighted by Crippen LogP contribution is 1.85. The Labute approximate surface area is 54.7 Å². The Hall–Kier alpha value is -0.990. The van der Waals surface area contributed by atoms with Crippen molar-refractivity contribution in [2.45, 2.75) is 6.92 Å². The van der Waals surface area contributed by atoms with E-state index in [1.54, 1.807) is 6.92 Å². The molecule has 0 aromatic heterocycles. The molecule has 0 spiro atoms. The van der Waals surface area contributed by atoms with Gasteiger partial charge in [-0.3, -0.25) is 0 Å². The SMILES string of the molecule is [CH2]NC(C)=CC(=O)OC. The molecule has 0 rings (SSSR count). The van der Waals surface area contributed by atoms with Crippen molar-refractivity contribution in [2.75, 3.05) is 7.11 Å². The summed E-state index contributed by atoms with van der Waals surface area (Å²) < 4.78 is 4.34. The Morgan fingerprint density at radius 1 is 1.78 bits per heavy atom. The molecule has 0 aliphatic carbocycles. The first-order valence-corrected chi connectivity index (χ1v) is 2.50. The second-order valence-corrected chi connectivity index (χ2v) is 1.53. The van der Waals surface area contributed by atoms with Gasteiger partial charge in [0.05, 0.1) is 7.11 Å². The lowest BCUT2D eigenvalue weighted by molar-refractivity contribution is -0.134. The average Bonchev–Trinajstić information content (AvgIpc) is 1.87. The normalized spacial score (nSPS) is 10.8. The van der Waals surface area contributed by atoms with E-state index >= 15 is 0 Å². The molecule has 0 aliphatic heterocycles. The average molecular weight is 128 g/mol. The van der Waals surface area contributed by atoms with Crippen molar-refractivity contribution >= 4 is 5.97 Å². The third-order valence-electron chi connectivity index (χ3n) is 0.814. The van der Waals surface area contributed by atoms with Gasteiger partial charge in [-0.15, -0.1) is 0 Å².